The van der Waals surface area contributed by atoms with Crippen LogP contribution in [0.15, 0.2) is 48.5 Å². The van der Waals surface area contributed by atoms with Gasteiger partial charge >= 0.3 is 5.97 Å². The number of benzene rings is 2. The molecule has 0 aromatic heterocycles. The Labute approximate surface area is 158 Å². The number of nitrogens with zero attached hydrogens (tertiary/aromatic N) is 1. The van der Waals surface area contributed by atoms with Gasteiger partial charge in [-0.15, -0.1) is 0 Å². The van der Waals surface area contributed by atoms with E-state index in [-0.39, 0.29) is 24.8 Å². The number of hydrogen-bond donors (Lipinski definition) is 0. The van der Waals surface area contributed by atoms with E-state index in [0.717, 1.165) is 5.56 Å². The largest absolute Gasteiger partial charge is 0.497 e. The van der Waals surface area contributed by atoms with Gasteiger partial charge in [-0.1, -0.05) is 29.8 Å². The molecule has 26 heavy (non-hydrogen) atoms. The summed E-state index contributed by atoms with van der Waals surface area (Å²) in [4.78, 5) is 26.2. The highest BCUT2D eigenvalue weighted by atomic mass is 35.5. The van der Waals surface area contributed by atoms with Gasteiger partial charge in [0, 0.05) is 23.7 Å². The van der Waals surface area contributed by atoms with Crippen LogP contribution in [0.1, 0.15) is 29.3 Å². The number of halogens is 1. The maximum atomic E-state index is 12.9. The minimum absolute atomic E-state index is 0.125. The van der Waals surface area contributed by atoms with E-state index < -0.39 is 0 Å². The first kappa shape index (κ1) is 19.8. The Morgan fingerprint density at radius 1 is 1.08 bits per heavy atom. The van der Waals surface area contributed by atoms with Crippen LogP contribution in [-0.4, -0.2) is 37.0 Å². The molecule has 0 bridgehead atoms. The molecule has 0 saturated heterocycles. The topological polar surface area (TPSA) is 55.8 Å². The molecule has 0 radical (unpaired) electrons. The lowest BCUT2D eigenvalue weighted by molar-refractivity contribution is -0.143. The van der Waals surface area contributed by atoms with Gasteiger partial charge in [-0.3, -0.25) is 9.59 Å². The molecule has 0 heterocycles. The SMILES string of the molecule is CCOC(=O)CCN(Cc1ccccc1Cl)C(=O)c1ccc(OC)cc1. The number of carbonyl (C=O) groups is 2. The number of carbonyl (C=O) groups excluding carboxylic acids is 2. The lowest BCUT2D eigenvalue weighted by Crippen LogP contribution is -2.33. The van der Waals surface area contributed by atoms with Crippen LogP contribution in [0, 0.1) is 0 Å². The molecule has 2 aromatic carbocycles. The first-order valence-electron chi connectivity index (χ1n) is 8.37. The van der Waals surface area contributed by atoms with Crippen LogP contribution in [0.25, 0.3) is 0 Å². The Bertz CT molecular complexity index is 746. The molecule has 2 aromatic rings. The van der Waals surface area contributed by atoms with E-state index in [1.54, 1.807) is 49.3 Å². The fourth-order valence-electron chi connectivity index (χ4n) is 2.46. The smallest absolute Gasteiger partial charge is 0.307 e. The Balaban J connectivity index is 2.18. The van der Waals surface area contributed by atoms with Gasteiger partial charge in [0.15, 0.2) is 0 Å². The van der Waals surface area contributed by atoms with Crippen molar-refractivity contribution >= 4 is 23.5 Å². The summed E-state index contributed by atoms with van der Waals surface area (Å²) < 4.78 is 10.1. The summed E-state index contributed by atoms with van der Waals surface area (Å²) in [6.07, 6.45) is 0.125. The van der Waals surface area contributed by atoms with E-state index >= 15 is 0 Å². The second-order valence-electron chi connectivity index (χ2n) is 5.60. The van der Waals surface area contributed by atoms with Gasteiger partial charge in [-0.25, -0.2) is 0 Å². The molecule has 138 valence electrons. The molecule has 0 spiro atoms. The maximum Gasteiger partial charge on any atom is 0.307 e. The normalized spacial score (nSPS) is 10.3. The minimum atomic E-state index is -0.334. The van der Waals surface area contributed by atoms with E-state index in [9.17, 15) is 9.59 Å². The Morgan fingerprint density at radius 3 is 2.38 bits per heavy atom. The highest BCUT2D eigenvalue weighted by molar-refractivity contribution is 6.31. The third-order valence-corrected chi connectivity index (χ3v) is 4.20. The monoisotopic (exact) mass is 375 g/mol. The maximum absolute atomic E-state index is 12.9. The van der Waals surface area contributed by atoms with Crippen molar-refractivity contribution in [3.8, 4) is 5.75 Å². The molecule has 0 atom stereocenters. The number of methoxy groups -OCH3 is 1. The zero-order valence-corrected chi connectivity index (χ0v) is 15.7. The first-order chi connectivity index (χ1) is 12.5. The van der Waals surface area contributed by atoms with E-state index in [1.807, 2.05) is 18.2 Å². The molecular formula is C20H22ClNO4. The number of esters is 1. The highest BCUT2D eigenvalue weighted by Gasteiger charge is 2.19. The van der Waals surface area contributed by atoms with Crippen molar-refractivity contribution in [2.45, 2.75) is 19.9 Å². The lowest BCUT2D eigenvalue weighted by atomic mass is 10.1. The van der Waals surface area contributed by atoms with Crippen molar-refractivity contribution in [3.63, 3.8) is 0 Å². The fraction of sp³-hybridized carbons (Fsp3) is 0.300. The van der Waals surface area contributed by atoms with Crippen molar-refractivity contribution in [1.29, 1.82) is 0 Å². The van der Waals surface area contributed by atoms with Gasteiger partial charge in [0.05, 0.1) is 20.1 Å². The van der Waals surface area contributed by atoms with E-state index in [4.69, 9.17) is 21.1 Å². The minimum Gasteiger partial charge on any atom is -0.497 e. The third kappa shape index (κ3) is 5.49. The molecular weight excluding hydrogens is 354 g/mol. The highest BCUT2D eigenvalue weighted by Crippen LogP contribution is 2.20. The van der Waals surface area contributed by atoms with Crippen LogP contribution in [0.3, 0.4) is 0 Å². The van der Waals surface area contributed by atoms with Gasteiger partial charge in [0.1, 0.15) is 5.75 Å². The summed E-state index contributed by atoms with van der Waals surface area (Å²) in [6.45, 7) is 2.62. The molecule has 0 N–H and O–H groups in total. The molecule has 2 rings (SSSR count). The summed E-state index contributed by atoms with van der Waals surface area (Å²) in [6, 6.07) is 14.2. The quantitative estimate of drug-likeness (QED) is 0.656. The zero-order chi connectivity index (χ0) is 18.9. The number of amides is 1. The second kappa shape index (κ2) is 9.82. The van der Waals surface area contributed by atoms with Gasteiger partial charge < -0.3 is 14.4 Å². The molecule has 0 aliphatic carbocycles. The zero-order valence-electron chi connectivity index (χ0n) is 14.9. The average Bonchev–Trinajstić information content (AvgIpc) is 2.66. The molecule has 0 aliphatic heterocycles. The van der Waals surface area contributed by atoms with Crippen LogP contribution < -0.4 is 4.74 Å². The van der Waals surface area contributed by atoms with Crippen LogP contribution in [0.4, 0.5) is 0 Å². The van der Waals surface area contributed by atoms with Gasteiger partial charge in [-0.2, -0.15) is 0 Å². The number of hydrogen-bond acceptors (Lipinski definition) is 4. The molecule has 5 nitrogen and oxygen atoms in total. The summed E-state index contributed by atoms with van der Waals surface area (Å²) in [5.41, 5.74) is 1.33. The fourth-order valence-corrected chi connectivity index (χ4v) is 2.66. The van der Waals surface area contributed by atoms with E-state index in [0.29, 0.717) is 29.5 Å². The lowest BCUT2D eigenvalue weighted by Gasteiger charge is -2.23. The van der Waals surface area contributed by atoms with Crippen LogP contribution in [-0.2, 0) is 16.1 Å². The molecule has 0 aliphatic rings. The van der Waals surface area contributed by atoms with Crippen molar-refractivity contribution in [1.82, 2.24) is 4.90 Å². The van der Waals surface area contributed by atoms with Gasteiger partial charge in [0.25, 0.3) is 5.91 Å². The van der Waals surface area contributed by atoms with Crippen molar-refractivity contribution in [2.75, 3.05) is 20.3 Å². The van der Waals surface area contributed by atoms with Crippen molar-refractivity contribution < 1.29 is 19.1 Å². The number of ether oxygens (including phenoxy) is 2. The predicted molar refractivity (Wildman–Crippen MR) is 100 cm³/mol. The summed E-state index contributed by atoms with van der Waals surface area (Å²) in [7, 11) is 1.57. The molecule has 1 amide bonds. The summed E-state index contributed by atoms with van der Waals surface area (Å²) in [5, 5.41) is 0.580. The Kier molecular flexibility index (Phi) is 7.48. The standard InChI is InChI=1S/C20H22ClNO4/c1-3-26-19(23)12-13-22(14-16-6-4-5-7-18(16)21)20(24)15-8-10-17(25-2)11-9-15/h4-11H,3,12-14H2,1-2H3. The van der Waals surface area contributed by atoms with Gasteiger partial charge in [0.2, 0.25) is 0 Å². The van der Waals surface area contributed by atoms with Crippen LogP contribution in [0.5, 0.6) is 5.75 Å². The molecule has 0 unspecified atom stereocenters. The Morgan fingerprint density at radius 2 is 1.77 bits per heavy atom. The molecule has 0 fully saturated rings. The second-order valence-corrected chi connectivity index (χ2v) is 6.01. The van der Waals surface area contributed by atoms with Crippen molar-refractivity contribution in [3.05, 3.63) is 64.7 Å². The Hall–Kier alpha value is -2.53. The van der Waals surface area contributed by atoms with E-state index in [2.05, 4.69) is 0 Å². The van der Waals surface area contributed by atoms with Crippen molar-refractivity contribution in [2.24, 2.45) is 0 Å². The van der Waals surface area contributed by atoms with Gasteiger partial charge in [-0.05, 0) is 42.8 Å². The summed E-state index contributed by atoms with van der Waals surface area (Å²) >= 11 is 6.22. The predicted octanol–water partition coefficient (Wildman–Crippen LogP) is 3.94. The molecule has 6 heteroatoms. The van der Waals surface area contributed by atoms with Crippen LogP contribution >= 0.6 is 11.6 Å². The average molecular weight is 376 g/mol. The van der Waals surface area contributed by atoms with Crippen LogP contribution in [0.2, 0.25) is 5.02 Å². The first-order valence-corrected chi connectivity index (χ1v) is 8.75. The molecule has 0 saturated carbocycles. The third-order valence-electron chi connectivity index (χ3n) is 3.83. The number of rotatable bonds is 8. The van der Waals surface area contributed by atoms with E-state index in [1.165, 1.54) is 0 Å². The summed E-state index contributed by atoms with van der Waals surface area (Å²) in [5.74, 6) is 0.154.